The van der Waals surface area contributed by atoms with E-state index in [1.807, 2.05) is 18.2 Å². The molecule has 25 heavy (non-hydrogen) atoms. The molecular formula is C17H17N3O4S. The van der Waals surface area contributed by atoms with Crippen LogP contribution in [0.3, 0.4) is 0 Å². The Morgan fingerprint density at radius 1 is 1.28 bits per heavy atom. The molecule has 2 aromatic heterocycles. The number of aryl methyl sites for hydroxylation is 1. The van der Waals surface area contributed by atoms with E-state index in [1.165, 1.54) is 7.11 Å². The summed E-state index contributed by atoms with van der Waals surface area (Å²) >= 11 is 1.10. The van der Waals surface area contributed by atoms with Crippen molar-refractivity contribution < 1.29 is 9.53 Å². The normalized spacial score (nSPS) is 11.0. The van der Waals surface area contributed by atoms with Gasteiger partial charge in [-0.15, -0.1) is 11.3 Å². The van der Waals surface area contributed by atoms with E-state index >= 15 is 0 Å². The lowest BCUT2D eigenvalue weighted by Gasteiger charge is -2.04. The maximum Gasteiger partial charge on any atom is 0.329 e. The highest BCUT2D eigenvalue weighted by atomic mass is 32.1. The second kappa shape index (κ2) is 7.04. The monoisotopic (exact) mass is 359 g/mol. The first-order valence-corrected chi connectivity index (χ1v) is 8.46. The summed E-state index contributed by atoms with van der Waals surface area (Å²) in [5.41, 5.74) is 0.297. The number of nitrogens with one attached hydrogen (secondary N) is 2. The minimum atomic E-state index is -0.509. The minimum Gasteiger partial charge on any atom is -0.383 e. The van der Waals surface area contributed by atoms with E-state index in [0.717, 1.165) is 15.9 Å². The zero-order chi connectivity index (χ0) is 18.0. The first-order chi connectivity index (χ1) is 12.0. The minimum absolute atomic E-state index is 0.154. The third-order valence-electron chi connectivity index (χ3n) is 3.83. The highest BCUT2D eigenvalue weighted by Gasteiger charge is 2.20. The van der Waals surface area contributed by atoms with Crippen molar-refractivity contribution in [3.63, 3.8) is 0 Å². The standard InChI is InChI=1S/C17H17N3O4S/c1-10-12-15(19-17(23)20(16(12)22)8-9-24-2)25-13(10)14(21)18-11-6-4-3-5-7-11/h3-7H,8-9H2,1-2H3,(H,18,21)(H,19,23). The van der Waals surface area contributed by atoms with Gasteiger partial charge in [0.25, 0.3) is 11.5 Å². The largest absolute Gasteiger partial charge is 0.383 e. The molecule has 3 rings (SSSR count). The van der Waals surface area contributed by atoms with Crippen molar-refractivity contribution in [3.05, 3.63) is 61.6 Å². The average Bonchev–Trinajstić information content (AvgIpc) is 2.92. The molecule has 1 amide bonds. The van der Waals surface area contributed by atoms with Crippen LogP contribution in [0.1, 0.15) is 15.2 Å². The SMILES string of the molecule is COCCn1c(=O)[nH]c2sc(C(=O)Nc3ccccc3)c(C)c2c1=O. The number of aromatic nitrogens is 2. The molecule has 0 aliphatic carbocycles. The molecule has 0 unspecified atom stereocenters. The van der Waals surface area contributed by atoms with E-state index in [9.17, 15) is 14.4 Å². The number of carbonyl (C=O) groups is 1. The van der Waals surface area contributed by atoms with Crippen LogP contribution in [0.5, 0.6) is 0 Å². The van der Waals surface area contributed by atoms with Gasteiger partial charge in [0.1, 0.15) is 4.83 Å². The van der Waals surface area contributed by atoms with Crippen molar-refractivity contribution >= 4 is 33.1 Å². The number of carbonyl (C=O) groups excluding carboxylic acids is 1. The molecule has 0 aliphatic rings. The van der Waals surface area contributed by atoms with Crippen LogP contribution in [-0.2, 0) is 11.3 Å². The number of rotatable bonds is 5. The number of anilines is 1. The Labute approximate surface area is 146 Å². The summed E-state index contributed by atoms with van der Waals surface area (Å²) in [7, 11) is 1.50. The molecule has 0 spiro atoms. The van der Waals surface area contributed by atoms with Crippen LogP contribution in [0, 0.1) is 6.92 Å². The topological polar surface area (TPSA) is 93.2 Å². The Morgan fingerprint density at radius 3 is 2.68 bits per heavy atom. The second-order valence-electron chi connectivity index (χ2n) is 5.46. The Kier molecular flexibility index (Phi) is 4.82. The molecule has 2 N–H and O–H groups in total. The number of ether oxygens (including phenoxy) is 1. The quantitative estimate of drug-likeness (QED) is 0.728. The lowest BCUT2D eigenvalue weighted by Crippen LogP contribution is -2.36. The van der Waals surface area contributed by atoms with Crippen molar-refractivity contribution in [1.29, 1.82) is 0 Å². The van der Waals surface area contributed by atoms with E-state index < -0.39 is 11.2 Å². The molecule has 3 aromatic rings. The van der Waals surface area contributed by atoms with Crippen molar-refractivity contribution in [2.45, 2.75) is 13.5 Å². The molecular weight excluding hydrogens is 342 g/mol. The summed E-state index contributed by atoms with van der Waals surface area (Å²) in [5.74, 6) is -0.311. The first-order valence-electron chi connectivity index (χ1n) is 7.64. The number of thiophene rings is 1. The second-order valence-corrected chi connectivity index (χ2v) is 6.48. The van der Waals surface area contributed by atoms with Gasteiger partial charge in [-0.2, -0.15) is 0 Å². The van der Waals surface area contributed by atoms with E-state index in [2.05, 4.69) is 10.3 Å². The predicted molar refractivity (Wildman–Crippen MR) is 97.7 cm³/mol. The fraction of sp³-hybridized carbons (Fsp3) is 0.235. The number of methoxy groups -OCH3 is 1. The number of hydrogen-bond donors (Lipinski definition) is 2. The molecule has 0 aliphatic heterocycles. The third-order valence-corrected chi connectivity index (χ3v) is 5.03. The number of hydrogen-bond acceptors (Lipinski definition) is 5. The number of aromatic amines is 1. The van der Waals surface area contributed by atoms with Crippen LogP contribution in [-0.4, -0.2) is 29.2 Å². The number of benzene rings is 1. The Hall–Kier alpha value is -2.71. The molecule has 0 bridgehead atoms. The van der Waals surface area contributed by atoms with Gasteiger partial charge in [-0.1, -0.05) is 18.2 Å². The summed E-state index contributed by atoms with van der Waals surface area (Å²) in [5, 5.41) is 3.15. The van der Waals surface area contributed by atoms with E-state index in [4.69, 9.17) is 4.74 Å². The maximum absolute atomic E-state index is 12.6. The number of amides is 1. The van der Waals surface area contributed by atoms with Gasteiger partial charge in [-0.05, 0) is 24.6 Å². The average molecular weight is 359 g/mol. The van der Waals surface area contributed by atoms with Gasteiger partial charge in [0, 0.05) is 12.8 Å². The van der Waals surface area contributed by atoms with Crippen LogP contribution in [0.4, 0.5) is 5.69 Å². The molecule has 0 saturated heterocycles. The van der Waals surface area contributed by atoms with Gasteiger partial charge in [-0.25, -0.2) is 4.79 Å². The number of nitrogens with zero attached hydrogens (tertiary/aromatic N) is 1. The van der Waals surface area contributed by atoms with Gasteiger partial charge in [0.15, 0.2) is 0 Å². The van der Waals surface area contributed by atoms with Gasteiger partial charge >= 0.3 is 5.69 Å². The van der Waals surface area contributed by atoms with Crippen molar-refractivity contribution in [2.24, 2.45) is 0 Å². The third kappa shape index (κ3) is 3.26. The molecule has 1 aromatic carbocycles. The number of fused-ring (bicyclic) bond motifs is 1. The fourth-order valence-corrected chi connectivity index (χ4v) is 3.65. The lowest BCUT2D eigenvalue weighted by atomic mass is 10.2. The Bertz CT molecular complexity index is 1030. The van der Waals surface area contributed by atoms with Crippen LogP contribution < -0.4 is 16.6 Å². The molecule has 0 radical (unpaired) electrons. The Balaban J connectivity index is 2.05. The summed E-state index contributed by atoms with van der Waals surface area (Å²) in [4.78, 5) is 40.7. The van der Waals surface area contributed by atoms with Crippen LogP contribution in [0.25, 0.3) is 10.2 Å². The van der Waals surface area contributed by atoms with Crippen molar-refractivity contribution in [3.8, 4) is 0 Å². The molecule has 2 heterocycles. The van der Waals surface area contributed by atoms with Crippen molar-refractivity contribution in [2.75, 3.05) is 19.0 Å². The molecule has 0 fully saturated rings. The number of para-hydroxylation sites is 1. The summed E-state index contributed by atoms with van der Waals surface area (Å²) in [6.07, 6.45) is 0. The van der Waals surface area contributed by atoms with Crippen LogP contribution >= 0.6 is 11.3 Å². The van der Waals surface area contributed by atoms with Crippen LogP contribution in [0.15, 0.2) is 39.9 Å². The van der Waals surface area contributed by atoms with E-state index in [0.29, 0.717) is 26.3 Å². The molecule has 0 atom stereocenters. The number of H-pyrrole nitrogens is 1. The molecule has 0 saturated carbocycles. The predicted octanol–water partition coefficient (Wildman–Crippen LogP) is 1.96. The van der Waals surface area contributed by atoms with Gasteiger partial charge in [0.05, 0.1) is 23.4 Å². The molecule has 7 nitrogen and oxygen atoms in total. The van der Waals surface area contributed by atoms with E-state index in [1.54, 1.807) is 19.1 Å². The van der Waals surface area contributed by atoms with Crippen molar-refractivity contribution in [1.82, 2.24) is 9.55 Å². The maximum atomic E-state index is 12.6. The summed E-state index contributed by atoms with van der Waals surface area (Å²) < 4.78 is 6.02. The highest BCUT2D eigenvalue weighted by Crippen LogP contribution is 2.27. The Morgan fingerprint density at radius 2 is 2.00 bits per heavy atom. The molecule has 8 heteroatoms. The zero-order valence-corrected chi connectivity index (χ0v) is 14.6. The summed E-state index contributed by atoms with van der Waals surface area (Å²) in [6, 6.07) is 9.05. The zero-order valence-electron chi connectivity index (χ0n) is 13.8. The summed E-state index contributed by atoms with van der Waals surface area (Å²) in [6.45, 7) is 2.11. The first kappa shape index (κ1) is 17.1. The van der Waals surface area contributed by atoms with Gasteiger partial charge < -0.3 is 10.1 Å². The van der Waals surface area contributed by atoms with Gasteiger partial charge in [-0.3, -0.25) is 19.1 Å². The van der Waals surface area contributed by atoms with Crippen LogP contribution in [0.2, 0.25) is 0 Å². The van der Waals surface area contributed by atoms with Gasteiger partial charge in [0.2, 0.25) is 0 Å². The lowest BCUT2D eigenvalue weighted by molar-refractivity contribution is 0.103. The molecule has 130 valence electrons. The van der Waals surface area contributed by atoms with E-state index in [-0.39, 0.29) is 19.1 Å². The highest BCUT2D eigenvalue weighted by molar-refractivity contribution is 7.20. The smallest absolute Gasteiger partial charge is 0.329 e. The fourth-order valence-electron chi connectivity index (χ4n) is 2.56.